The lowest BCUT2D eigenvalue weighted by atomic mass is 10.2. The quantitative estimate of drug-likeness (QED) is 0.874. The summed E-state index contributed by atoms with van der Waals surface area (Å²) in [6.07, 6.45) is 7.71. The van der Waals surface area contributed by atoms with Gasteiger partial charge >= 0.3 is 0 Å². The molecule has 0 atom stereocenters. The Morgan fingerprint density at radius 3 is 2.80 bits per heavy atom. The third-order valence-corrected chi connectivity index (χ3v) is 3.18. The molecular weight excluding hydrogens is 250 g/mol. The molecule has 0 saturated heterocycles. The molecule has 0 aliphatic heterocycles. The molecule has 0 aliphatic rings. The fraction of sp³-hybridized carbons (Fsp3) is 0.467. The Labute approximate surface area is 120 Å². The van der Waals surface area contributed by atoms with Crippen LogP contribution in [0.5, 0.6) is 0 Å². The maximum absolute atomic E-state index is 4.25. The molecule has 2 aromatic heterocycles. The van der Waals surface area contributed by atoms with E-state index in [1.807, 2.05) is 36.5 Å². The van der Waals surface area contributed by atoms with E-state index < -0.39 is 0 Å². The second kappa shape index (κ2) is 6.52. The molecule has 0 radical (unpaired) electrons. The van der Waals surface area contributed by atoms with Gasteiger partial charge in [0, 0.05) is 51.2 Å². The van der Waals surface area contributed by atoms with Crippen molar-refractivity contribution < 1.29 is 0 Å². The first-order valence-electron chi connectivity index (χ1n) is 6.91. The highest BCUT2D eigenvalue weighted by atomic mass is 15.2. The van der Waals surface area contributed by atoms with Crippen LogP contribution in [0.15, 0.2) is 30.9 Å². The van der Waals surface area contributed by atoms with Crippen molar-refractivity contribution in [3.8, 4) is 0 Å². The van der Waals surface area contributed by atoms with E-state index in [-0.39, 0.29) is 0 Å². The summed E-state index contributed by atoms with van der Waals surface area (Å²) in [5.74, 6) is 0. The van der Waals surface area contributed by atoms with E-state index in [1.54, 1.807) is 0 Å². The molecule has 108 valence electrons. The number of nitrogens with zero attached hydrogens (tertiary/aromatic N) is 4. The van der Waals surface area contributed by atoms with Gasteiger partial charge in [0.05, 0.1) is 18.1 Å². The van der Waals surface area contributed by atoms with Crippen LogP contribution < -0.4 is 10.2 Å². The second-order valence-corrected chi connectivity index (χ2v) is 5.42. The molecule has 20 heavy (non-hydrogen) atoms. The minimum absolute atomic E-state index is 0.472. The van der Waals surface area contributed by atoms with E-state index in [0.29, 0.717) is 6.04 Å². The van der Waals surface area contributed by atoms with Crippen LogP contribution in [-0.2, 0) is 20.1 Å². The lowest BCUT2D eigenvalue weighted by molar-refractivity contribution is 0.588. The molecule has 0 bridgehead atoms. The van der Waals surface area contributed by atoms with Crippen LogP contribution in [0.1, 0.15) is 25.0 Å². The van der Waals surface area contributed by atoms with Gasteiger partial charge < -0.3 is 10.2 Å². The van der Waals surface area contributed by atoms with Crippen molar-refractivity contribution in [2.75, 3.05) is 11.9 Å². The monoisotopic (exact) mass is 273 g/mol. The van der Waals surface area contributed by atoms with Crippen molar-refractivity contribution in [2.24, 2.45) is 7.05 Å². The molecule has 0 aromatic carbocycles. The average Bonchev–Trinajstić information content (AvgIpc) is 2.82. The smallest absolute Gasteiger partial charge is 0.0598 e. The summed E-state index contributed by atoms with van der Waals surface area (Å²) >= 11 is 0. The van der Waals surface area contributed by atoms with E-state index in [1.165, 1.54) is 11.1 Å². The first-order chi connectivity index (χ1) is 9.56. The number of aryl methyl sites for hydroxylation is 1. The Kier molecular flexibility index (Phi) is 4.74. The minimum Gasteiger partial charge on any atom is -0.369 e. The number of aromatic nitrogens is 3. The molecule has 2 heterocycles. The van der Waals surface area contributed by atoms with Crippen LogP contribution >= 0.6 is 0 Å². The van der Waals surface area contributed by atoms with Crippen LogP contribution in [0.25, 0.3) is 0 Å². The van der Waals surface area contributed by atoms with Crippen molar-refractivity contribution in [1.29, 1.82) is 0 Å². The maximum Gasteiger partial charge on any atom is 0.0598 e. The SMILES string of the molecule is CC(C)NCc1ccncc1N(C)Cc1cnn(C)c1. The Hall–Kier alpha value is -1.88. The predicted octanol–water partition coefficient (Wildman–Crippen LogP) is 1.95. The molecular formula is C15H23N5. The van der Waals surface area contributed by atoms with Crippen molar-refractivity contribution >= 4 is 5.69 Å². The third kappa shape index (κ3) is 3.81. The lowest BCUT2D eigenvalue weighted by Crippen LogP contribution is -2.24. The van der Waals surface area contributed by atoms with E-state index >= 15 is 0 Å². The molecule has 2 aromatic rings. The van der Waals surface area contributed by atoms with Crippen molar-refractivity contribution in [3.63, 3.8) is 0 Å². The van der Waals surface area contributed by atoms with Gasteiger partial charge in [-0.2, -0.15) is 5.10 Å². The number of hydrogen-bond acceptors (Lipinski definition) is 4. The van der Waals surface area contributed by atoms with Gasteiger partial charge in [0.2, 0.25) is 0 Å². The summed E-state index contributed by atoms with van der Waals surface area (Å²) in [6.45, 7) is 5.99. The highest BCUT2D eigenvalue weighted by Gasteiger charge is 2.09. The van der Waals surface area contributed by atoms with Crippen LogP contribution in [-0.4, -0.2) is 27.9 Å². The van der Waals surface area contributed by atoms with E-state index in [4.69, 9.17) is 0 Å². The summed E-state index contributed by atoms with van der Waals surface area (Å²) in [7, 11) is 4.02. The molecule has 5 heteroatoms. The number of nitrogens with one attached hydrogen (secondary N) is 1. The zero-order chi connectivity index (χ0) is 14.5. The second-order valence-electron chi connectivity index (χ2n) is 5.42. The molecule has 0 amide bonds. The molecule has 1 N–H and O–H groups in total. The molecule has 2 rings (SSSR count). The standard InChI is InChI=1S/C15H23N5/c1-12(2)17-8-14-5-6-16-9-15(14)19(3)10-13-7-18-20(4)11-13/h5-7,9,11-12,17H,8,10H2,1-4H3. The van der Waals surface area contributed by atoms with Gasteiger partial charge in [0.25, 0.3) is 0 Å². The first kappa shape index (κ1) is 14.5. The Morgan fingerprint density at radius 2 is 2.15 bits per heavy atom. The van der Waals surface area contributed by atoms with Crippen molar-refractivity contribution in [3.05, 3.63) is 42.0 Å². The van der Waals surface area contributed by atoms with Crippen LogP contribution in [0.4, 0.5) is 5.69 Å². The van der Waals surface area contributed by atoms with Gasteiger partial charge in [-0.1, -0.05) is 13.8 Å². The summed E-state index contributed by atoms with van der Waals surface area (Å²) in [6, 6.07) is 2.55. The summed E-state index contributed by atoms with van der Waals surface area (Å²) in [5.41, 5.74) is 3.62. The van der Waals surface area contributed by atoms with Gasteiger partial charge in [-0.25, -0.2) is 0 Å². The first-order valence-corrected chi connectivity index (χ1v) is 6.91. The van der Waals surface area contributed by atoms with E-state index in [2.05, 4.69) is 47.3 Å². The topological polar surface area (TPSA) is 46.0 Å². The normalized spacial score (nSPS) is 11.1. The number of pyridine rings is 1. The van der Waals surface area contributed by atoms with Gasteiger partial charge in [0.15, 0.2) is 0 Å². The molecule has 0 unspecified atom stereocenters. The largest absolute Gasteiger partial charge is 0.369 e. The Balaban J connectivity index is 2.10. The average molecular weight is 273 g/mol. The highest BCUT2D eigenvalue weighted by Crippen LogP contribution is 2.19. The molecule has 0 saturated carbocycles. The number of anilines is 1. The summed E-state index contributed by atoms with van der Waals surface area (Å²) in [5, 5.41) is 7.66. The highest BCUT2D eigenvalue weighted by molar-refractivity contribution is 5.51. The molecule has 0 spiro atoms. The van der Waals surface area contributed by atoms with Crippen LogP contribution in [0, 0.1) is 0 Å². The zero-order valence-corrected chi connectivity index (χ0v) is 12.7. The number of hydrogen-bond donors (Lipinski definition) is 1. The minimum atomic E-state index is 0.472. The fourth-order valence-electron chi connectivity index (χ4n) is 2.13. The zero-order valence-electron chi connectivity index (χ0n) is 12.7. The molecule has 0 fully saturated rings. The summed E-state index contributed by atoms with van der Waals surface area (Å²) < 4.78 is 1.83. The fourth-order valence-corrected chi connectivity index (χ4v) is 2.13. The lowest BCUT2D eigenvalue weighted by Gasteiger charge is -2.22. The summed E-state index contributed by atoms with van der Waals surface area (Å²) in [4.78, 5) is 6.46. The molecule has 0 aliphatic carbocycles. The number of rotatable bonds is 6. The van der Waals surface area contributed by atoms with Gasteiger partial charge in [-0.05, 0) is 11.6 Å². The maximum atomic E-state index is 4.25. The van der Waals surface area contributed by atoms with Gasteiger partial charge in [-0.15, -0.1) is 0 Å². The van der Waals surface area contributed by atoms with Gasteiger partial charge in [0.1, 0.15) is 0 Å². The van der Waals surface area contributed by atoms with Crippen LogP contribution in [0.3, 0.4) is 0 Å². The molecule has 5 nitrogen and oxygen atoms in total. The van der Waals surface area contributed by atoms with Crippen molar-refractivity contribution in [2.45, 2.75) is 33.0 Å². The van der Waals surface area contributed by atoms with Gasteiger partial charge in [-0.3, -0.25) is 9.67 Å². The third-order valence-electron chi connectivity index (χ3n) is 3.18. The Bertz CT molecular complexity index is 547. The Morgan fingerprint density at radius 1 is 1.35 bits per heavy atom. The van der Waals surface area contributed by atoms with Crippen LogP contribution in [0.2, 0.25) is 0 Å². The van der Waals surface area contributed by atoms with Crippen molar-refractivity contribution in [1.82, 2.24) is 20.1 Å². The van der Waals surface area contributed by atoms with E-state index in [9.17, 15) is 0 Å². The predicted molar refractivity (Wildman–Crippen MR) is 81.5 cm³/mol. The van der Waals surface area contributed by atoms with E-state index in [0.717, 1.165) is 18.8 Å².